The molecule has 2 heterocycles. The van der Waals surface area contributed by atoms with Gasteiger partial charge in [0.05, 0.1) is 12.3 Å². The predicted octanol–water partition coefficient (Wildman–Crippen LogP) is 3.73. The van der Waals surface area contributed by atoms with Crippen molar-refractivity contribution in [3.63, 3.8) is 0 Å². The number of fused-ring (bicyclic) bond motifs is 1. The summed E-state index contributed by atoms with van der Waals surface area (Å²) >= 11 is 0. The van der Waals surface area contributed by atoms with Crippen LogP contribution in [-0.2, 0) is 4.79 Å². The lowest BCUT2D eigenvalue weighted by Crippen LogP contribution is -2.25. The molecule has 0 bridgehead atoms. The molecule has 1 aromatic carbocycles. The first-order valence-electron chi connectivity index (χ1n) is 8.09. The SMILES string of the molecule is CC(C)Oc1ccc(C2CC(=O)Nc3c2cnn3C(C)C)cc1. The Balaban J connectivity index is 1.93. The van der Waals surface area contributed by atoms with Crippen molar-refractivity contribution in [2.75, 3.05) is 5.32 Å². The Bertz CT molecular complexity index is 702. The molecule has 0 aliphatic carbocycles. The van der Waals surface area contributed by atoms with Crippen LogP contribution < -0.4 is 10.1 Å². The van der Waals surface area contributed by atoms with Gasteiger partial charge < -0.3 is 10.1 Å². The summed E-state index contributed by atoms with van der Waals surface area (Å²) in [6, 6.07) is 8.22. The second-order valence-electron chi connectivity index (χ2n) is 6.53. The molecule has 1 N–H and O–H groups in total. The molecule has 0 radical (unpaired) electrons. The van der Waals surface area contributed by atoms with Crippen molar-refractivity contribution in [3.8, 4) is 5.75 Å². The van der Waals surface area contributed by atoms with Crippen molar-refractivity contribution in [3.05, 3.63) is 41.6 Å². The molecule has 5 heteroatoms. The third-order valence-corrected chi connectivity index (χ3v) is 3.99. The minimum Gasteiger partial charge on any atom is -0.491 e. The first-order chi connectivity index (χ1) is 11.0. The molecule has 1 amide bonds. The van der Waals surface area contributed by atoms with E-state index >= 15 is 0 Å². The molecule has 23 heavy (non-hydrogen) atoms. The van der Waals surface area contributed by atoms with Gasteiger partial charge in [-0.15, -0.1) is 0 Å². The van der Waals surface area contributed by atoms with Crippen LogP contribution >= 0.6 is 0 Å². The van der Waals surface area contributed by atoms with E-state index in [1.165, 1.54) is 0 Å². The molecule has 2 aromatic rings. The highest BCUT2D eigenvalue weighted by molar-refractivity contribution is 5.94. The molecular weight excluding hydrogens is 290 g/mol. The number of ether oxygens (including phenoxy) is 1. The van der Waals surface area contributed by atoms with Gasteiger partial charge >= 0.3 is 0 Å². The van der Waals surface area contributed by atoms with Crippen molar-refractivity contribution in [1.29, 1.82) is 0 Å². The summed E-state index contributed by atoms with van der Waals surface area (Å²) in [5, 5.41) is 7.41. The molecule has 1 atom stereocenters. The zero-order chi connectivity index (χ0) is 16.6. The molecule has 0 saturated heterocycles. The normalized spacial score (nSPS) is 17.3. The zero-order valence-corrected chi connectivity index (χ0v) is 14.0. The van der Waals surface area contributed by atoms with Gasteiger partial charge in [-0.05, 0) is 45.4 Å². The van der Waals surface area contributed by atoms with Crippen molar-refractivity contribution < 1.29 is 9.53 Å². The quantitative estimate of drug-likeness (QED) is 0.936. The number of hydrogen-bond donors (Lipinski definition) is 1. The summed E-state index contributed by atoms with van der Waals surface area (Å²) in [5.41, 5.74) is 2.19. The molecule has 1 aliphatic rings. The maximum atomic E-state index is 12.1. The fourth-order valence-corrected chi connectivity index (χ4v) is 2.98. The first kappa shape index (κ1) is 15.6. The average Bonchev–Trinajstić information content (AvgIpc) is 2.90. The summed E-state index contributed by atoms with van der Waals surface area (Å²) < 4.78 is 7.56. The van der Waals surface area contributed by atoms with Crippen molar-refractivity contribution in [2.24, 2.45) is 0 Å². The Morgan fingerprint density at radius 1 is 1.22 bits per heavy atom. The van der Waals surface area contributed by atoms with Gasteiger partial charge in [0.25, 0.3) is 0 Å². The van der Waals surface area contributed by atoms with E-state index < -0.39 is 0 Å². The van der Waals surface area contributed by atoms with Crippen molar-refractivity contribution in [2.45, 2.75) is 52.2 Å². The molecule has 5 nitrogen and oxygen atoms in total. The summed E-state index contributed by atoms with van der Waals surface area (Å²) in [5.74, 6) is 1.75. The van der Waals surface area contributed by atoms with Crippen LogP contribution in [0.5, 0.6) is 5.75 Å². The molecule has 0 spiro atoms. The van der Waals surface area contributed by atoms with E-state index in [1.807, 2.05) is 49.0 Å². The number of nitrogens with one attached hydrogen (secondary N) is 1. The lowest BCUT2D eigenvalue weighted by Gasteiger charge is -2.24. The monoisotopic (exact) mass is 313 g/mol. The molecule has 0 saturated carbocycles. The predicted molar refractivity (Wildman–Crippen MR) is 89.9 cm³/mol. The van der Waals surface area contributed by atoms with Gasteiger partial charge in [-0.1, -0.05) is 12.1 Å². The minimum atomic E-state index is 0.0346. The van der Waals surface area contributed by atoms with Gasteiger partial charge in [-0.25, -0.2) is 4.68 Å². The van der Waals surface area contributed by atoms with E-state index in [2.05, 4.69) is 24.3 Å². The molecule has 3 rings (SSSR count). The van der Waals surface area contributed by atoms with Crippen LogP contribution in [0.2, 0.25) is 0 Å². The van der Waals surface area contributed by atoms with E-state index in [4.69, 9.17) is 4.74 Å². The number of nitrogens with zero attached hydrogens (tertiary/aromatic N) is 2. The van der Waals surface area contributed by atoms with E-state index in [-0.39, 0.29) is 24.0 Å². The van der Waals surface area contributed by atoms with Gasteiger partial charge in [0.2, 0.25) is 5.91 Å². The first-order valence-corrected chi connectivity index (χ1v) is 8.09. The smallest absolute Gasteiger partial charge is 0.226 e. The topological polar surface area (TPSA) is 56.1 Å². The second-order valence-corrected chi connectivity index (χ2v) is 6.53. The summed E-state index contributed by atoms with van der Waals surface area (Å²) in [6.45, 7) is 8.13. The van der Waals surface area contributed by atoms with Crippen LogP contribution in [0.15, 0.2) is 30.5 Å². The largest absolute Gasteiger partial charge is 0.491 e. The van der Waals surface area contributed by atoms with Crippen LogP contribution in [0.25, 0.3) is 0 Å². The minimum absolute atomic E-state index is 0.0346. The highest BCUT2D eigenvalue weighted by atomic mass is 16.5. The number of rotatable bonds is 4. The fourth-order valence-electron chi connectivity index (χ4n) is 2.98. The third kappa shape index (κ3) is 3.09. The van der Waals surface area contributed by atoms with Gasteiger partial charge in [-0.3, -0.25) is 4.79 Å². The average molecular weight is 313 g/mol. The van der Waals surface area contributed by atoms with Crippen LogP contribution in [0.1, 0.15) is 57.2 Å². The van der Waals surface area contributed by atoms with Crippen molar-refractivity contribution in [1.82, 2.24) is 9.78 Å². The molecular formula is C18H23N3O2. The third-order valence-electron chi connectivity index (χ3n) is 3.99. The van der Waals surface area contributed by atoms with E-state index in [0.29, 0.717) is 6.42 Å². The molecule has 0 fully saturated rings. The second kappa shape index (κ2) is 6.07. The van der Waals surface area contributed by atoms with Gasteiger partial charge in [0.15, 0.2) is 0 Å². The Morgan fingerprint density at radius 3 is 2.52 bits per heavy atom. The molecule has 1 aliphatic heterocycles. The highest BCUT2D eigenvalue weighted by Crippen LogP contribution is 2.38. The number of carbonyl (C=O) groups excluding carboxylic acids is 1. The number of carbonyl (C=O) groups is 1. The number of anilines is 1. The highest BCUT2D eigenvalue weighted by Gasteiger charge is 2.30. The lowest BCUT2D eigenvalue weighted by atomic mass is 9.87. The van der Waals surface area contributed by atoms with Gasteiger partial charge in [0.1, 0.15) is 11.6 Å². The van der Waals surface area contributed by atoms with Gasteiger partial charge in [0, 0.05) is 23.9 Å². The van der Waals surface area contributed by atoms with Crippen LogP contribution in [0.4, 0.5) is 5.82 Å². The zero-order valence-electron chi connectivity index (χ0n) is 14.0. The number of aromatic nitrogens is 2. The van der Waals surface area contributed by atoms with Crippen LogP contribution in [-0.4, -0.2) is 21.8 Å². The van der Waals surface area contributed by atoms with Crippen LogP contribution in [0.3, 0.4) is 0 Å². The summed E-state index contributed by atoms with van der Waals surface area (Å²) in [6.07, 6.45) is 2.47. The lowest BCUT2D eigenvalue weighted by molar-refractivity contribution is -0.116. The van der Waals surface area contributed by atoms with E-state index in [1.54, 1.807) is 0 Å². The Hall–Kier alpha value is -2.30. The summed E-state index contributed by atoms with van der Waals surface area (Å²) in [4.78, 5) is 12.1. The fraction of sp³-hybridized carbons (Fsp3) is 0.444. The van der Waals surface area contributed by atoms with E-state index in [0.717, 1.165) is 22.7 Å². The van der Waals surface area contributed by atoms with Gasteiger partial charge in [-0.2, -0.15) is 5.10 Å². The standard InChI is InChI=1S/C18H23N3O2/c1-11(2)21-18-16(10-19-21)15(9-17(22)20-18)13-5-7-14(8-6-13)23-12(3)4/h5-8,10-12,15H,9H2,1-4H3,(H,20,22). The Labute approximate surface area is 136 Å². The maximum absolute atomic E-state index is 12.1. The molecule has 122 valence electrons. The number of amides is 1. The van der Waals surface area contributed by atoms with Crippen molar-refractivity contribution >= 4 is 11.7 Å². The molecule has 1 aromatic heterocycles. The Morgan fingerprint density at radius 2 is 1.91 bits per heavy atom. The number of hydrogen-bond acceptors (Lipinski definition) is 3. The summed E-state index contributed by atoms with van der Waals surface area (Å²) in [7, 11) is 0. The maximum Gasteiger partial charge on any atom is 0.226 e. The van der Waals surface area contributed by atoms with Crippen LogP contribution in [0, 0.1) is 0 Å². The number of benzene rings is 1. The Kier molecular flexibility index (Phi) is 4.11. The molecule has 1 unspecified atom stereocenters. The van der Waals surface area contributed by atoms with E-state index in [9.17, 15) is 4.79 Å².